The molecule has 1 N–H and O–H groups in total. The Balaban J connectivity index is 2.79. The first-order valence-corrected chi connectivity index (χ1v) is 5.09. The number of carboxylic acids is 1. The molecule has 0 radical (unpaired) electrons. The molecule has 0 saturated heterocycles. The number of hydrogen-bond donors (Lipinski definition) is 1. The van der Waals surface area contributed by atoms with Crippen molar-refractivity contribution in [3.8, 4) is 0 Å². The molecule has 74 valence electrons. The first-order chi connectivity index (χ1) is 6.16. The largest absolute Gasteiger partial charge is 0.478 e. The highest BCUT2D eigenvalue weighted by Crippen LogP contribution is 2.32. The molecule has 2 nitrogen and oxygen atoms in total. The lowest BCUT2D eigenvalue weighted by Crippen LogP contribution is -2.07. The van der Waals surface area contributed by atoms with E-state index in [1.807, 2.05) is 13.8 Å². The zero-order valence-corrected chi connectivity index (χ0v) is 8.47. The van der Waals surface area contributed by atoms with Crippen LogP contribution in [0.15, 0.2) is 11.1 Å². The van der Waals surface area contributed by atoms with E-state index in [1.165, 1.54) is 25.7 Å². The molecule has 0 spiro atoms. The first kappa shape index (κ1) is 10.3. The van der Waals surface area contributed by atoms with Gasteiger partial charge in [-0.1, -0.05) is 25.3 Å². The molecule has 1 rings (SSSR count). The van der Waals surface area contributed by atoms with Crippen molar-refractivity contribution in [1.29, 1.82) is 0 Å². The van der Waals surface area contributed by atoms with Crippen molar-refractivity contribution in [3.05, 3.63) is 11.1 Å². The minimum absolute atomic E-state index is 0.547. The second-order valence-corrected chi connectivity index (χ2v) is 3.80. The van der Waals surface area contributed by atoms with Crippen LogP contribution >= 0.6 is 0 Å². The molecule has 0 heterocycles. The fraction of sp³-hybridized carbons (Fsp3) is 0.727. The average Bonchev–Trinajstić information content (AvgIpc) is 2.56. The van der Waals surface area contributed by atoms with Gasteiger partial charge in [0, 0.05) is 5.57 Å². The van der Waals surface area contributed by atoms with Crippen molar-refractivity contribution < 1.29 is 9.90 Å². The molecule has 0 aromatic heterocycles. The molecule has 0 aliphatic heterocycles. The number of carbonyl (C=O) groups is 1. The van der Waals surface area contributed by atoms with E-state index in [1.54, 1.807) is 0 Å². The van der Waals surface area contributed by atoms with Gasteiger partial charge in [-0.25, -0.2) is 4.79 Å². The lowest BCUT2D eigenvalue weighted by molar-refractivity contribution is -0.132. The van der Waals surface area contributed by atoms with Gasteiger partial charge in [-0.05, 0) is 32.1 Å². The summed E-state index contributed by atoms with van der Waals surface area (Å²) >= 11 is 0. The Labute approximate surface area is 79.6 Å². The Kier molecular flexibility index (Phi) is 3.52. The molecular weight excluding hydrogens is 164 g/mol. The van der Waals surface area contributed by atoms with E-state index in [2.05, 4.69) is 0 Å². The van der Waals surface area contributed by atoms with E-state index in [0.717, 1.165) is 5.57 Å². The molecular formula is C11H18O2. The monoisotopic (exact) mass is 182 g/mol. The summed E-state index contributed by atoms with van der Waals surface area (Å²) in [5, 5.41) is 8.95. The third-order valence-corrected chi connectivity index (χ3v) is 3.06. The van der Waals surface area contributed by atoms with Crippen LogP contribution in [0.4, 0.5) is 0 Å². The summed E-state index contributed by atoms with van der Waals surface area (Å²) in [6.07, 6.45) is 5.54. The van der Waals surface area contributed by atoms with Gasteiger partial charge in [0.15, 0.2) is 0 Å². The fourth-order valence-electron chi connectivity index (χ4n) is 2.20. The fourth-order valence-corrected chi connectivity index (χ4v) is 2.20. The highest BCUT2D eigenvalue weighted by Gasteiger charge is 2.20. The van der Waals surface area contributed by atoms with Gasteiger partial charge in [0.25, 0.3) is 0 Å². The smallest absolute Gasteiger partial charge is 0.331 e. The summed E-state index contributed by atoms with van der Waals surface area (Å²) in [4.78, 5) is 10.9. The molecule has 1 aliphatic rings. The van der Waals surface area contributed by atoms with Gasteiger partial charge in [-0.2, -0.15) is 0 Å². The molecule has 1 aliphatic carbocycles. The lowest BCUT2D eigenvalue weighted by Gasteiger charge is -2.12. The van der Waals surface area contributed by atoms with E-state index in [9.17, 15) is 4.79 Å². The average molecular weight is 182 g/mol. The van der Waals surface area contributed by atoms with Gasteiger partial charge < -0.3 is 5.11 Å². The Morgan fingerprint density at radius 1 is 1.38 bits per heavy atom. The van der Waals surface area contributed by atoms with Gasteiger partial charge in [-0.3, -0.25) is 0 Å². The van der Waals surface area contributed by atoms with Gasteiger partial charge >= 0.3 is 5.97 Å². The Morgan fingerprint density at radius 2 is 1.92 bits per heavy atom. The van der Waals surface area contributed by atoms with E-state index >= 15 is 0 Å². The Morgan fingerprint density at radius 3 is 2.31 bits per heavy atom. The second-order valence-electron chi connectivity index (χ2n) is 3.80. The predicted molar refractivity (Wildman–Crippen MR) is 52.6 cm³/mol. The highest BCUT2D eigenvalue weighted by molar-refractivity contribution is 5.87. The number of aliphatic carboxylic acids is 1. The molecule has 0 atom stereocenters. The van der Waals surface area contributed by atoms with E-state index in [0.29, 0.717) is 17.9 Å². The van der Waals surface area contributed by atoms with Crippen molar-refractivity contribution in [2.45, 2.75) is 46.0 Å². The van der Waals surface area contributed by atoms with E-state index in [-0.39, 0.29) is 0 Å². The van der Waals surface area contributed by atoms with Crippen molar-refractivity contribution in [1.82, 2.24) is 0 Å². The van der Waals surface area contributed by atoms with Crippen molar-refractivity contribution >= 4 is 5.97 Å². The molecule has 0 aromatic rings. The molecule has 1 fully saturated rings. The van der Waals surface area contributed by atoms with E-state index in [4.69, 9.17) is 5.11 Å². The highest BCUT2D eigenvalue weighted by atomic mass is 16.4. The van der Waals surface area contributed by atoms with Crippen LogP contribution in [0.3, 0.4) is 0 Å². The van der Waals surface area contributed by atoms with Gasteiger partial charge in [-0.15, -0.1) is 0 Å². The summed E-state index contributed by atoms with van der Waals surface area (Å²) in [5.41, 5.74) is 1.75. The van der Waals surface area contributed by atoms with Crippen LogP contribution in [0.25, 0.3) is 0 Å². The zero-order chi connectivity index (χ0) is 9.84. The maximum Gasteiger partial charge on any atom is 0.331 e. The normalized spacial score (nSPS) is 20.2. The van der Waals surface area contributed by atoms with Crippen molar-refractivity contribution in [2.75, 3.05) is 0 Å². The summed E-state index contributed by atoms with van der Waals surface area (Å²) in [5.74, 6) is -0.182. The lowest BCUT2D eigenvalue weighted by atomic mass is 9.93. The SMILES string of the molecule is CC/C(C(=O)O)=C(\C)C1CCCC1. The summed E-state index contributed by atoms with van der Waals surface area (Å²) in [7, 11) is 0. The molecule has 0 amide bonds. The summed E-state index contributed by atoms with van der Waals surface area (Å²) in [6, 6.07) is 0. The Hall–Kier alpha value is -0.790. The van der Waals surface area contributed by atoms with Crippen LogP contribution in [-0.2, 0) is 4.79 Å². The molecule has 0 aromatic carbocycles. The number of hydrogen-bond acceptors (Lipinski definition) is 1. The Bertz CT molecular complexity index is 222. The van der Waals surface area contributed by atoms with Crippen LogP contribution in [0.2, 0.25) is 0 Å². The number of carboxylic acid groups (broad SMARTS) is 1. The molecule has 1 saturated carbocycles. The quantitative estimate of drug-likeness (QED) is 0.681. The van der Waals surface area contributed by atoms with Gasteiger partial charge in [0.05, 0.1) is 0 Å². The van der Waals surface area contributed by atoms with Crippen LogP contribution < -0.4 is 0 Å². The minimum Gasteiger partial charge on any atom is -0.478 e. The molecule has 13 heavy (non-hydrogen) atoms. The van der Waals surface area contributed by atoms with Crippen molar-refractivity contribution in [2.24, 2.45) is 5.92 Å². The van der Waals surface area contributed by atoms with E-state index < -0.39 is 5.97 Å². The predicted octanol–water partition coefficient (Wildman–Crippen LogP) is 2.99. The third-order valence-electron chi connectivity index (χ3n) is 3.06. The third kappa shape index (κ3) is 2.33. The number of rotatable bonds is 3. The van der Waals surface area contributed by atoms with Crippen molar-refractivity contribution in [3.63, 3.8) is 0 Å². The van der Waals surface area contributed by atoms with Gasteiger partial charge in [0.1, 0.15) is 0 Å². The second kappa shape index (κ2) is 4.45. The zero-order valence-electron chi connectivity index (χ0n) is 8.47. The maximum absolute atomic E-state index is 10.9. The summed E-state index contributed by atoms with van der Waals surface area (Å²) in [6.45, 7) is 3.91. The topological polar surface area (TPSA) is 37.3 Å². The van der Waals surface area contributed by atoms with Crippen LogP contribution in [0.1, 0.15) is 46.0 Å². The minimum atomic E-state index is -0.730. The molecule has 0 unspecified atom stereocenters. The van der Waals surface area contributed by atoms with Crippen LogP contribution in [0, 0.1) is 5.92 Å². The molecule has 0 bridgehead atoms. The molecule has 2 heteroatoms. The standard InChI is InChI=1S/C11H18O2/c1-3-10(11(12)13)8(2)9-6-4-5-7-9/h9H,3-7H2,1-2H3,(H,12,13)/b10-8-. The summed E-state index contributed by atoms with van der Waals surface area (Å²) < 4.78 is 0. The van der Waals surface area contributed by atoms with Gasteiger partial charge in [0.2, 0.25) is 0 Å². The first-order valence-electron chi connectivity index (χ1n) is 5.09. The van der Waals surface area contributed by atoms with Crippen LogP contribution in [-0.4, -0.2) is 11.1 Å². The van der Waals surface area contributed by atoms with Crippen LogP contribution in [0.5, 0.6) is 0 Å². The number of allylic oxidation sites excluding steroid dienone is 1. The maximum atomic E-state index is 10.9.